The first-order valence-corrected chi connectivity index (χ1v) is 6.45. The Hall–Kier alpha value is -2.14. The van der Waals surface area contributed by atoms with Gasteiger partial charge in [-0.2, -0.15) is 0 Å². The molecule has 0 aliphatic carbocycles. The Kier molecular flexibility index (Phi) is 4.90. The van der Waals surface area contributed by atoms with Crippen LogP contribution in [0.15, 0.2) is 36.8 Å². The average Bonchev–Trinajstić information content (AvgIpc) is 2.52. The molecule has 5 nitrogen and oxygen atoms in total. The molecule has 0 bridgehead atoms. The summed E-state index contributed by atoms with van der Waals surface area (Å²) in [6, 6.07) is 5.98. The van der Waals surface area contributed by atoms with Crippen LogP contribution in [0, 0.1) is 0 Å². The third kappa shape index (κ3) is 3.24. The lowest BCUT2D eigenvalue weighted by Crippen LogP contribution is -2.19. The van der Waals surface area contributed by atoms with Gasteiger partial charge in [0.15, 0.2) is 11.5 Å². The molecule has 2 heterocycles. The Morgan fingerprint density at radius 1 is 1.10 bits per heavy atom. The lowest BCUT2D eigenvalue weighted by molar-refractivity contribution is 0.347. The fourth-order valence-electron chi connectivity index (χ4n) is 2.00. The topological polar surface area (TPSA) is 56.3 Å². The summed E-state index contributed by atoms with van der Waals surface area (Å²) in [5, 5.41) is 3.42. The average molecular weight is 273 g/mol. The van der Waals surface area contributed by atoms with Crippen LogP contribution < -0.4 is 14.8 Å². The largest absolute Gasteiger partial charge is 0.493 e. The van der Waals surface area contributed by atoms with Crippen molar-refractivity contribution in [2.45, 2.75) is 19.5 Å². The van der Waals surface area contributed by atoms with Crippen molar-refractivity contribution in [3.63, 3.8) is 0 Å². The summed E-state index contributed by atoms with van der Waals surface area (Å²) >= 11 is 0. The molecule has 2 aromatic heterocycles. The molecule has 0 radical (unpaired) electrons. The highest BCUT2D eigenvalue weighted by atomic mass is 16.5. The van der Waals surface area contributed by atoms with Crippen LogP contribution in [0.2, 0.25) is 0 Å². The van der Waals surface area contributed by atoms with Gasteiger partial charge < -0.3 is 14.8 Å². The monoisotopic (exact) mass is 273 g/mol. The molecule has 0 saturated heterocycles. The number of aromatic nitrogens is 2. The van der Waals surface area contributed by atoms with E-state index in [1.807, 2.05) is 12.1 Å². The first kappa shape index (κ1) is 14.3. The zero-order chi connectivity index (χ0) is 14.4. The van der Waals surface area contributed by atoms with Gasteiger partial charge in [0.25, 0.3) is 0 Å². The molecular weight excluding hydrogens is 254 g/mol. The van der Waals surface area contributed by atoms with Crippen molar-refractivity contribution in [2.24, 2.45) is 0 Å². The second-order valence-electron chi connectivity index (χ2n) is 4.38. The number of rotatable bonds is 6. The second-order valence-corrected chi connectivity index (χ2v) is 4.38. The van der Waals surface area contributed by atoms with E-state index in [0.29, 0.717) is 18.0 Å². The Morgan fingerprint density at radius 3 is 2.50 bits per heavy atom. The fraction of sp³-hybridized carbons (Fsp3) is 0.333. The van der Waals surface area contributed by atoms with Gasteiger partial charge in [-0.3, -0.25) is 9.97 Å². The van der Waals surface area contributed by atoms with Crippen molar-refractivity contribution in [3.8, 4) is 11.5 Å². The number of nitrogens with zero attached hydrogens (tertiary/aromatic N) is 2. The molecule has 0 fully saturated rings. The van der Waals surface area contributed by atoms with E-state index < -0.39 is 0 Å². The van der Waals surface area contributed by atoms with Crippen LogP contribution in [0.25, 0.3) is 0 Å². The van der Waals surface area contributed by atoms with Gasteiger partial charge in [0, 0.05) is 37.2 Å². The number of methoxy groups -OCH3 is 2. The van der Waals surface area contributed by atoms with Crippen LogP contribution in [0.5, 0.6) is 11.5 Å². The molecule has 1 N–H and O–H groups in total. The Labute approximate surface area is 119 Å². The maximum absolute atomic E-state index is 5.37. The lowest BCUT2D eigenvalue weighted by Gasteiger charge is -2.16. The first-order chi connectivity index (χ1) is 9.76. The summed E-state index contributed by atoms with van der Waals surface area (Å²) in [6.45, 7) is 2.70. The van der Waals surface area contributed by atoms with Crippen LogP contribution in [0.1, 0.15) is 24.2 Å². The molecule has 0 aliphatic rings. The highest BCUT2D eigenvalue weighted by Crippen LogP contribution is 2.29. The molecule has 0 aromatic carbocycles. The molecule has 2 rings (SSSR count). The van der Waals surface area contributed by atoms with Crippen LogP contribution in [0.3, 0.4) is 0 Å². The molecule has 0 unspecified atom stereocenters. The standard InChI is InChI=1S/C15H19N3O2/c1-11(12-4-7-16-8-5-12)18-10-13-15(20-3)14(19-2)6-9-17-13/h4-9,11,18H,10H2,1-3H3/t11-/m1/s1. The molecule has 1 atom stereocenters. The van der Waals surface area contributed by atoms with Crippen molar-refractivity contribution in [2.75, 3.05) is 14.2 Å². The van der Waals surface area contributed by atoms with Gasteiger partial charge in [0.2, 0.25) is 0 Å². The summed E-state index contributed by atoms with van der Waals surface area (Å²) in [7, 11) is 3.24. The lowest BCUT2D eigenvalue weighted by atomic mass is 10.1. The summed E-state index contributed by atoms with van der Waals surface area (Å²) in [5.41, 5.74) is 2.01. The number of nitrogens with one attached hydrogen (secondary N) is 1. The van der Waals surface area contributed by atoms with Gasteiger partial charge in [-0.1, -0.05) is 0 Å². The second kappa shape index (κ2) is 6.86. The van der Waals surface area contributed by atoms with Gasteiger partial charge in [-0.15, -0.1) is 0 Å². The summed E-state index contributed by atoms with van der Waals surface area (Å²) in [4.78, 5) is 8.36. The highest BCUT2D eigenvalue weighted by molar-refractivity contribution is 5.42. The minimum absolute atomic E-state index is 0.204. The molecule has 20 heavy (non-hydrogen) atoms. The number of ether oxygens (including phenoxy) is 2. The van der Waals surface area contributed by atoms with Crippen molar-refractivity contribution in [3.05, 3.63) is 48.0 Å². The van der Waals surface area contributed by atoms with Crippen LogP contribution in [-0.4, -0.2) is 24.2 Å². The molecule has 0 spiro atoms. The Balaban J connectivity index is 2.07. The third-order valence-corrected chi connectivity index (χ3v) is 3.15. The van der Waals surface area contributed by atoms with E-state index in [9.17, 15) is 0 Å². The molecule has 2 aromatic rings. The zero-order valence-corrected chi connectivity index (χ0v) is 12.0. The fourth-order valence-corrected chi connectivity index (χ4v) is 2.00. The van der Waals surface area contributed by atoms with Gasteiger partial charge in [0.05, 0.1) is 19.9 Å². The van der Waals surface area contributed by atoms with Gasteiger partial charge in [-0.05, 0) is 24.6 Å². The third-order valence-electron chi connectivity index (χ3n) is 3.15. The SMILES string of the molecule is COc1ccnc(CN[C@H](C)c2ccncc2)c1OC. The molecule has 0 saturated carbocycles. The zero-order valence-electron chi connectivity index (χ0n) is 12.0. The molecule has 5 heteroatoms. The van der Waals surface area contributed by atoms with Crippen molar-refractivity contribution < 1.29 is 9.47 Å². The summed E-state index contributed by atoms with van der Waals surface area (Å²) in [5.74, 6) is 1.36. The molecular formula is C15H19N3O2. The van der Waals surface area contributed by atoms with Crippen molar-refractivity contribution >= 4 is 0 Å². The summed E-state index contributed by atoms with van der Waals surface area (Å²) in [6.07, 6.45) is 5.30. The van der Waals surface area contributed by atoms with Crippen molar-refractivity contribution in [1.82, 2.24) is 15.3 Å². The maximum atomic E-state index is 5.37. The quantitative estimate of drug-likeness (QED) is 0.875. The van der Waals surface area contributed by atoms with Crippen LogP contribution in [-0.2, 0) is 6.54 Å². The summed E-state index contributed by atoms with van der Waals surface area (Å²) < 4.78 is 10.6. The van der Waals surface area contributed by atoms with E-state index in [2.05, 4.69) is 22.2 Å². The van der Waals surface area contributed by atoms with E-state index in [0.717, 1.165) is 5.69 Å². The Morgan fingerprint density at radius 2 is 1.85 bits per heavy atom. The number of pyridine rings is 2. The maximum Gasteiger partial charge on any atom is 0.183 e. The minimum atomic E-state index is 0.204. The van der Waals surface area contributed by atoms with Crippen molar-refractivity contribution in [1.29, 1.82) is 0 Å². The molecule has 106 valence electrons. The van der Waals surface area contributed by atoms with Crippen LogP contribution in [0.4, 0.5) is 0 Å². The first-order valence-electron chi connectivity index (χ1n) is 6.45. The van der Waals surface area contributed by atoms with Gasteiger partial charge in [-0.25, -0.2) is 0 Å². The molecule has 0 aliphatic heterocycles. The van der Waals surface area contributed by atoms with E-state index in [1.165, 1.54) is 5.56 Å². The predicted octanol–water partition coefficient (Wildman–Crippen LogP) is 2.34. The van der Waals surface area contributed by atoms with Crippen LogP contribution >= 0.6 is 0 Å². The van der Waals surface area contributed by atoms with Gasteiger partial charge in [0.1, 0.15) is 0 Å². The normalized spacial score (nSPS) is 11.9. The van der Waals surface area contributed by atoms with Gasteiger partial charge >= 0.3 is 0 Å². The van der Waals surface area contributed by atoms with E-state index in [4.69, 9.17) is 9.47 Å². The molecule has 0 amide bonds. The van der Waals surface area contributed by atoms with E-state index >= 15 is 0 Å². The van der Waals surface area contributed by atoms with E-state index in [-0.39, 0.29) is 6.04 Å². The smallest absolute Gasteiger partial charge is 0.183 e. The predicted molar refractivity (Wildman–Crippen MR) is 76.8 cm³/mol. The Bertz CT molecular complexity index is 546. The number of hydrogen-bond acceptors (Lipinski definition) is 5. The number of hydrogen-bond donors (Lipinski definition) is 1. The minimum Gasteiger partial charge on any atom is -0.493 e. The van der Waals surface area contributed by atoms with E-state index in [1.54, 1.807) is 38.9 Å². The highest BCUT2D eigenvalue weighted by Gasteiger charge is 2.12.